The van der Waals surface area contributed by atoms with Gasteiger partial charge in [-0.3, -0.25) is 9.80 Å². The van der Waals surface area contributed by atoms with E-state index < -0.39 is 35.9 Å². The minimum absolute atomic E-state index is 0.0502. The van der Waals surface area contributed by atoms with Crippen LogP contribution in [0.2, 0.25) is 12.1 Å². The highest BCUT2D eigenvalue weighted by atomic mass is 28.4. The number of rotatable bonds is 37. The van der Waals surface area contributed by atoms with E-state index in [9.17, 15) is 15.3 Å². The third kappa shape index (κ3) is 33.6. The second-order valence-corrected chi connectivity index (χ2v) is 17.3. The maximum atomic E-state index is 10.6. The molecule has 4 atom stereocenters. The van der Waals surface area contributed by atoms with Crippen molar-refractivity contribution in [3.8, 4) is 0 Å². The van der Waals surface area contributed by atoms with Crippen LogP contribution < -0.4 is 16.4 Å². The molecule has 4 unspecified atom stereocenters. The lowest BCUT2D eigenvalue weighted by Gasteiger charge is -2.27. The van der Waals surface area contributed by atoms with Crippen molar-refractivity contribution in [1.82, 2.24) is 20.4 Å². The molecule has 13 N–H and O–H groups in total. The van der Waals surface area contributed by atoms with E-state index >= 15 is 0 Å². The summed E-state index contributed by atoms with van der Waals surface area (Å²) in [5.74, 6) is 0.522. The molecule has 0 heterocycles. The smallest absolute Gasteiger partial charge is 0.390 e. The van der Waals surface area contributed by atoms with Gasteiger partial charge in [0.05, 0.1) is 38.1 Å². The number of nitrogens with zero attached hydrogens (tertiary/aromatic N) is 2. The fourth-order valence-corrected chi connectivity index (χ4v) is 6.40. The van der Waals surface area contributed by atoms with Gasteiger partial charge in [0.2, 0.25) is 0 Å². The normalized spacial score (nSPS) is 15.2. The van der Waals surface area contributed by atoms with Gasteiger partial charge in [-0.15, -0.1) is 0 Å². The lowest BCUT2D eigenvalue weighted by Crippen LogP contribution is -2.45. The molecule has 0 radical (unpaired) electrons. The number of aliphatic hydroxyl groups is 3. The van der Waals surface area contributed by atoms with Gasteiger partial charge in [0.25, 0.3) is 0 Å². The Morgan fingerprint density at radius 1 is 0.620 bits per heavy atom. The molecule has 0 fully saturated rings. The summed E-state index contributed by atoms with van der Waals surface area (Å²) in [6.45, 7) is 11.7. The molecule has 0 saturated heterocycles. The van der Waals surface area contributed by atoms with Gasteiger partial charge >= 0.3 is 17.6 Å². The van der Waals surface area contributed by atoms with Crippen molar-refractivity contribution < 1.29 is 58.3 Å². The third-order valence-electron chi connectivity index (χ3n) is 8.01. The van der Waals surface area contributed by atoms with Gasteiger partial charge in [-0.25, -0.2) is 0 Å². The first kappa shape index (κ1) is 49.8. The lowest BCUT2D eigenvalue weighted by molar-refractivity contribution is 0.00340. The van der Waals surface area contributed by atoms with E-state index in [-0.39, 0.29) is 57.9 Å². The van der Waals surface area contributed by atoms with E-state index in [4.69, 9.17) is 48.7 Å². The molecule has 0 amide bonds. The van der Waals surface area contributed by atoms with Gasteiger partial charge in [0.1, 0.15) is 0 Å². The van der Waals surface area contributed by atoms with E-state index in [1.165, 1.54) is 12.8 Å². The van der Waals surface area contributed by atoms with Crippen LogP contribution in [0, 0.1) is 5.92 Å². The van der Waals surface area contributed by atoms with Crippen LogP contribution in [0.25, 0.3) is 0 Å². The Labute approximate surface area is 302 Å². The summed E-state index contributed by atoms with van der Waals surface area (Å²) in [5, 5.41) is 37.9. The molecule has 0 aliphatic heterocycles. The SMILES string of the molecule is CCCCC(CC)COCC(O)CN(CCN)CCNCCN(CCNCC(O)COCCC[Si](O)(O)O)CC(O)COCCC[Si](O)(O)O. The van der Waals surface area contributed by atoms with E-state index in [1.807, 2.05) is 0 Å². The highest BCUT2D eigenvalue weighted by Crippen LogP contribution is 2.13. The van der Waals surface area contributed by atoms with Crippen LogP contribution in [0.1, 0.15) is 52.4 Å². The van der Waals surface area contributed by atoms with Crippen LogP contribution in [-0.4, -0.2) is 201 Å². The van der Waals surface area contributed by atoms with Crippen molar-refractivity contribution in [3.05, 3.63) is 0 Å². The second-order valence-electron chi connectivity index (χ2n) is 13.2. The van der Waals surface area contributed by atoms with Gasteiger partial charge in [-0.1, -0.05) is 33.1 Å². The molecule has 0 rings (SSSR count). The van der Waals surface area contributed by atoms with E-state index in [0.717, 1.165) is 12.8 Å². The molecule has 302 valence electrons. The molecular formula is C31H73N5O12Si2. The lowest BCUT2D eigenvalue weighted by atomic mass is 10.0. The minimum atomic E-state index is -4.11. The van der Waals surface area contributed by atoms with Gasteiger partial charge in [0.15, 0.2) is 0 Å². The van der Waals surface area contributed by atoms with Gasteiger partial charge in [-0.05, 0) is 25.2 Å². The molecule has 0 aliphatic rings. The standard InChI is InChI=1S/C31H73N5O12Si2/c1-3-5-8-28(4-2)24-48-27-31(39)22-35(13-9-32)14-10-33-11-15-36(23-30(38)26-47-18-7-20-50(43,44)45)16-12-34-21-29(37)25-46-17-6-19-49(40,41)42/h28-31,33-34,37-45H,3-27,32H2,1-2H3. The molecule has 0 aromatic heterocycles. The summed E-state index contributed by atoms with van der Waals surface area (Å²) in [7, 11) is -8.18. The molecular weight excluding hydrogens is 691 g/mol. The number of unbranched alkanes of at least 4 members (excludes halogenated alkanes) is 1. The van der Waals surface area contributed by atoms with Crippen molar-refractivity contribution in [1.29, 1.82) is 0 Å². The highest BCUT2D eigenvalue weighted by Gasteiger charge is 2.26. The first-order valence-corrected chi connectivity index (χ1v) is 22.5. The van der Waals surface area contributed by atoms with Crippen molar-refractivity contribution in [3.63, 3.8) is 0 Å². The maximum Gasteiger partial charge on any atom is 0.492 e. The Balaban J connectivity index is 4.65. The molecule has 17 nitrogen and oxygen atoms in total. The maximum absolute atomic E-state index is 10.6. The predicted octanol–water partition coefficient (Wildman–Crippen LogP) is -3.31. The Morgan fingerprint density at radius 2 is 1.10 bits per heavy atom. The number of nitrogens with one attached hydrogen (secondary N) is 2. The predicted molar refractivity (Wildman–Crippen MR) is 195 cm³/mol. The second kappa shape index (κ2) is 31.1. The quantitative estimate of drug-likeness (QED) is 0.0218. The fraction of sp³-hybridized carbons (Fsp3) is 1.00. The summed E-state index contributed by atoms with van der Waals surface area (Å²) in [5.41, 5.74) is 5.82. The molecule has 50 heavy (non-hydrogen) atoms. The van der Waals surface area contributed by atoms with Crippen molar-refractivity contribution >= 4 is 17.6 Å². The summed E-state index contributed by atoms with van der Waals surface area (Å²) < 4.78 is 16.6. The van der Waals surface area contributed by atoms with Gasteiger partial charge in [0, 0.05) is 104 Å². The molecule has 19 heteroatoms. The fourth-order valence-electron chi connectivity index (χ4n) is 5.17. The topological polar surface area (TPSA) is 266 Å². The molecule has 0 bridgehead atoms. The summed E-state index contributed by atoms with van der Waals surface area (Å²) >= 11 is 0. The molecule has 0 saturated carbocycles. The molecule has 0 aromatic rings. The zero-order valence-corrected chi connectivity index (χ0v) is 32.7. The number of nitrogens with two attached hydrogens (primary N) is 1. The zero-order chi connectivity index (χ0) is 37.7. The summed E-state index contributed by atoms with van der Waals surface area (Å²) in [4.78, 5) is 58.6. The average molecular weight is 764 g/mol. The average Bonchev–Trinajstić information content (AvgIpc) is 3.02. The molecule has 0 spiro atoms. The molecule has 0 aromatic carbocycles. The van der Waals surface area contributed by atoms with Gasteiger partial charge < -0.3 is 74.7 Å². The Kier molecular flexibility index (Phi) is 31.0. The Morgan fingerprint density at radius 3 is 1.58 bits per heavy atom. The molecule has 0 aliphatic carbocycles. The largest absolute Gasteiger partial charge is 0.492 e. The number of aliphatic hydroxyl groups excluding tert-OH is 3. The van der Waals surface area contributed by atoms with Crippen LogP contribution in [0.5, 0.6) is 0 Å². The van der Waals surface area contributed by atoms with E-state index in [1.54, 1.807) is 0 Å². The van der Waals surface area contributed by atoms with Crippen LogP contribution >= 0.6 is 0 Å². The number of hydrogen-bond donors (Lipinski definition) is 12. The van der Waals surface area contributed by atoms with Crippen LogP contribution in [-0.2, 0) is 14.2 Å². The third-order valence-corrected chi connectivity index (χ3v) is 10.1. The van der Waals surface area contributed by atoms with Crippen LogP contribution in [0.4, 0.5) is 0 Å². The van der Waals surface area contributed by atoms with E-state index in [0.29, 0.717) is 84.6 Å². The number of hydrogen-bond acceptors (Lipinski definition) is 17. The first-order valence-electron chi connectivity index (χ1n) is 18.4. The summed E-state index contributed by atoms with van der Waals surface area (Å²) in [6, 6.07) is -0.254. The van der Waals surface area contributed by atoms with Crippen LogP contribution in [0.15, 0.2) is 0 Å². The monoisotopic (exact) mass is 763 g/mol. The van der Waals surface area contributed by atoms with Crippen molar-refractivity contribution in [2.24, 2.45) is 11.7 Å². The minimum Gasteiger partial charge on any atom is -0.390 e. The van der Waals surface area contributed by atoms with Crippen molar-refractivity contribution in [2.45, 2.75) is 82.8 Å². The Bertz CT molecular complexity index is 762. The summed E-state index contributed by atoms with van der Waals surface area (Å²) in [6.07, 6.45) is 2.94. The van der Waals surface area contributed by atoms with Gasteiger partial charge in [-0.2, -0.15) is 0 Å². The number of ether oxygens (including phenoxy) is 3. The Hall–Kier alpha value is -0.246. The van der Waals surface area contributed by atoms with Crippen LogP contribution in [0.3, 0.4) is 0 Å². The zero-order valence-electron chi connectivity index (χ0n) is 30.7. The highest BCUT2D eigenvalue weighted by molar-refractivity contribution is 6.56. The van der Waals surface area contributed by atoms with Crippen molar-refractivity contribution in [2.75, 3.05) is 112 Å². The first-order chi connectivity index (χ1) is 23.7. The van der Waals surface area contributed by atoms with E-state index in [2.05, 4.69) is 34.3 Å².